The highest BCUT2D eigenvalue weighted by molar-refractivity contribution is 5.93. The Hall–Kier alpha value is -1.33. The van der Waals surface area contributed by atoms with Gasteiger partial charge in [0.2, 0.25) is 5.91 Å². The molecule has 0 atom stereocenters. The molecule has 2 N–H and O–H groups in total. The topological polar surface area (TPSA) is 57.5 Å². The van der Waals surface area contributed by atoms with Crippen LogP contribution in [0.3, 0.4) is 0 Å². The minimum Gasteiger partial charge on any atom is -0.446 e. The minimum absolute atomic E-state index is 0.000354. The molecule has 1 aromatic heterocycles. The van der Waals surface area contributed by atoms with Crippen molar-refractivity contribution in [2.75, 3.05) is 38.0 Å². The second kappa shape index (κ2) is 5.75. The number of anilines is 1. The summed E-state index contributed by atoms with van der Waals surface area (Å²) in [6, 6.07) is 3.63. The second-order valence-electron chi connectivity index (χ2n) is 5.77. The molecule has 0 aliphatic carbocycles. The lowest BCUT2D eigenvalue weighted by Crippen LogP contribution is -2.49. The summed E-state index contributed by atoms with van der Waals surface area (Å²) in [5, 5.41) is 6.16. The average molecular weight is 265 g/mol. The highest BCUT2D eigenvalue weighted by Gasteiger charge is 2.31. The minimum atomic E-state index is -0.433. The lowest BCUT2D eigenvalue weighted by molar-refractivity contribution is -0.125. The number of rotatable bonds is 4. The molecule has 2 heterocycles. The van der Waals surface area contributed by atoms with E-state index in [1.54, 1.807) is 6.07 Å². The molecule has 0 aromatic carbocycles. The van der Waals surface area contributed by atoms with Crippen LogP contribution >= 0.6 is 0 Å². The van der Waals surface area contributed by atoms with Crippen molar-refractivity contribution in [1.82, 2.24) is 10.2 Å². The highest BCUT2D eigenvalue weighted by Crippen LogP contribution is 2.21. The van der Waals surface area contributed by atoms with Crippen LogP contribution in [-0.2, 0) is 4.79 Å². The monoisotopic (exact) mass is 265 g/mol. The van der Waals surface area contributed by atoms with E-state index in [1.807, 2.05) is 26.8 Å². The number of nitrogens with one attached hydrogen (secondary N) is 2. The van der Waals surface area contributed by atoms with E-state index in [0.29, 0.717) is 5.88 Å². The van der Waals surface area contributed by atoms with Crippen LogP contribution in [0, 0.1) is 12.3 Å². The Bertz CT molecular complexity index is 434. The number of amides is 1. The summed E-state index contributed by atoms with van der Waals surface area (Å²) < 4.78 is 5.38. The number of carbonyl (C=O) groups is 1. The third kappa shape index (κ3) is 3.81. The Kier molecular flexibility index (Phi) is 4.27. The first kappa shape index (κ1) is 14.1. The van der Waals surface area contributed by atoms with Crippen molar-refractivity contribution in [2.24, 2.45) is 5.41 Å². The summed E-state index contributed by atoms with van der Waals surface area (Å²) in [6.45, 7) is 10.6. The van der Waals surface area contributed by atoms with Crippen LogP contribution in [0.25, 0.3) is 0 Å². The maximum atomic E-state index is 12.3. The first-order valence-corrected chi connectivity index (χ1v) is 6.78. The smallest absolute Gasteiger partial charge is 0.233 e. The van der Waals surface area contributed by atoms with Crippen molar-refractivity contribution < 1.29 is 9.21 Å². The van der Waals surface area contributed by atoms with E-state index in [1.165, 1.54) is 0 Å². The van der Waals surface area contributed by atoms with E-state index in [4.69, 9.17) is 4.42 Å². The van der Waals surface area contributed by atoms with Crippen LogP contribution in [-0.4, -0.2) is 43.5 Å². The average Bonchev–Trinajstić information content (AvgIpc) is 2.75. The molecule has 1 aromatic rings. The van der Waals surface area contributed by atoms with Crippen molar-refractivity contribution in [2.45, 2.75) is 20.8 Å². The predicted molar refractivity (Wildman–Crippen MR) is 75.2 cm³/mol. The quantitative estimate of drug-likeness (QED) is 0.865. The summed E-state index contributed by atoms with van der Waals surface area (Å²) in [7, 11) is 0. The van der Waals surface area contributed by atoms with Crippen molar-refractivity contribution in [3.63, 3.8) is 0 Å². The zero-order valence-electron chi connectivity index (χ0n) is 12.0. The van der Waals surface area contributed by atoms with Gasteiger partial charge in [-0.1, -0.05) is 0 Å². The van der Waals surface area contributed by atoms with Crippen LogP contribution in [0.2, 0.25) is 0 Å². The number of nitrogens with zero attached hydrogens (tertiary/aromatic N) is 1. The molecule has 106 valence electrons. The largest absolute Gasteiger partial charge is 0.446 e. The Labute approximate surface area is 114 Å². The van der Waals surface area contributed by atoms with Gasteiger partial charge in [0.1, 0.15) is 5.76 Å². The molecule has 2 rings (SSSR count). The van der Waals surface area contributed by atoms with Crippen LogP contribution in [0.5, 0.6) is 0 Å². The van der Waals surface area contributed by atoms with Crippen molar-refractivity contribution in [3.05, 3.63) is 17.9 Å². The van der Waals surface area contributed by atoms with Gasteiger partial charge in [-0.05, 0) is 26.8 Å². The molecule has 0 radical (unpaired) electrons. The van der Waals surface area contributed by atoms with E-state index in [2.05, 4.69) is 15.5 Å². The summed E-state index contributed by atoms with van der Waals surface area (Å²) in [6.07, 6.45) is 0. The summed E-state index contributed by atoms with van der Waals surface area (Å²) in [5.74, 6) is 1.33. The molecule has 5 heteroatoms. The van der Waals surface area contributed by atoms with E-state index in [-0.39, 0.29) is 5.91 Å². The molecular formula is C14H23N3O2. The van der Waals surface area contributed by atoms with Crippen molar-refractivity contribution in [3.8, 4) is 0 Å². The molecule has 0 bridgehead atoms. The van der Waals surface area contributed by atoms with Gasteiger partial charge in [0.15, 0.2) is 5.88 Å². The van der Waals surface area contributed by atoms with Crippen LogP contribution in [0.4, 0.5) is 5.88 Å². The fourth-order valence-electron chi connectivity index (χ4n) is 2.28. The number of hydrogen-bond donors (Lipinski definition) is 2. The van der Waals surface area contributed by atoms with E-state index in [0.717, 1.165) is 38.5 Å². The van der Waals surface area contributed by atoms with Crippen molar-refractivity contribution >= 4 is 11.8 Å². The molecule has 1 saturated heterocycles. The second-order valence-corrected chi connectivity index (χ2v) is 5.77. The summed E-state index contributed by atoms with van der Waals surface area (Å²) in [5.41, 5.74) is -0.433. The molecule has 1 aliphatic rings. The maximum absolute atomic E-state index is 12.3. The number of carbonyl (C=O) groups excluding carboxylic acids is 1. The number of piperazine rings is 1. The van der Waals surface area contributed by atoms with Gasteiger partial charge < -0.3 is 9.73 Å². The van der Waals surface area contributed by atoms with Gasteiger partial charge in [0, 0.05) is 38.8 Å². The molecule has 19 heavy (non-hydrogen) atoms. The van der Waals surface area contributed by atoms with Gasteiger partial charge in [-0.25, -0.2) is 0 Å². The van der Waals surface area contributed by atoms with Gasteiger partial charge in [-0.2, -0.15) is 0 Å². The SMILES string of the molecule is Cc1ccc(NC(=O)C(C)(C)CN2CCNCC2)o1. The zero-order chi connectivity index (χ0) is 13.9. The molecule has 1 aliphatic heterocycles. The van der Waals surface area contributed by atoms with E-state index in [9.17, 15) is 4.79 Å². The number of furan rings is 1. The fourth-order valence-corrected chi connectivity index (χ4v) is 2.28. The van der Waals surface area contributed by atoms with E-state index < -0.39 is 5.41 Å². The first-order valence-electron chi connectivity index (χ1n) is 6.78. The molecule has 0 spiro atoms. The van der Waals surface area contributed by atoms with Gasteiger partial charge in [-0.15, -0.1) is 0 Å². The Morgan fingerprint density at radius 1 is 1.42 bits per heavy atom. The highest BCUT2D eigenvalue weighted by atomic mass is 16.4. The predicted octanol–water partition coefficient (Wildman–Crippen LogP) is 1.46. The molecule has 0 unspecified atom stereocenters. The van der Waals surface area contributed by atoms with Crippen molar-refractivity contribution in [1.29, 1.82) is 0 Å². The fraction of sp³-hybridized carbons (Fsp3) is 0.643. The molecule has 1 fully saturated rings. The third-order valence-corrected chi connectivity index (χ3v) is 3.42. The first-order chi connectivity index (χ1) is 8.97. The summed E-state index contributed by atoms with van der Waals surface area (Å²) in [4.78, 5) is 14.6. The summed E-state index contributed by atoms with van der Waals surface area (Å²) >= 11 is 0. The molecule has 5 nitrogen and oxygen atoms in total. The lowest BCUT2D eigenvalue weighted by atomic mass is 9.91. The maximum Gasteiger partial charge on any atom is 0.233 e. The third-order valence-electron chi connectivity index (χ3n) is 3.42. The Morgan fingerprint density at radius 3 is 2.68 bits per heavy atom. The van der Waals surface area contributed by atoms with Gasteiger partial charge >= 0.3 is 0 Å². The Balaban J connectivity index is 1.92. The number of aryl methyl sites for hydroxylation is 1. The standard InChI is InChI=1S/C14H23N3O2/c1-11-4-5-12(19-11)16-13(18)14(2,3)10-17-8-6-15-7-9-17/h4-5,15H,6-10H2,1-3H3,(H,16,18). The van der Waals surface area contributed by atoms with Crippen LogP contribution in [0.1, 0.15) is 19.6 Å². The molecule has 0 saturated carbocycles. The molecular weight excluding hydrogens is 242 g/mol. The normalized spacial score (nSPS) is 17.4. The van der Waals surface area contributed by atoms with Gasteiger partial charge in [-0.3, -0.25) is 15.0 Å². The molecule has 1 amide bonds. The van der Waals surface area contributed by atoms with Crippen LogP contribution in [0.15, 0.2) is 16.5 Å². The number of hydrogen-bond acceptors (Lipinski definition) is 4. The van der Waals surface area contributed by atoms with E-state index >= 15 is 0 Å². The van der Waals surface area contributed by atoms with Gasteiger partial charge in [0.25, 0.3) is 0 Å². The lowest BCUT2D eigenvalue weighted by Gasteiger charge is -2.34. The van der Waals surface area contributed by atoms with Crippen LogP contribution < -0.4 is 10.6 Å². The Morgan fingerprint density at radius 2 is 2.11 bits per heavy atom. The van der Waals surface area contributed by atoms with Gasteiger partial charge in [0.05, 0.1) is 5.41 Å². The zero-order valence-corrected chi connectivity index (χ0v) is 12.0.